The van der Waals surface area contributed by atoms with Crippen molar-refractivity contribution in [1.82, 2.24) is 14.8 Å². The smallest absolute Gasteiger partial charge is 0.313 e. The van der Waals surface area contributed by atoms with Crippen molar-refractivity contribution in [1.29, 1.82) is 0 Å². The van der Waals surface area contributed by atoms with E-state index in [1.807, 2.05) is 12.1 Å². The quantitative estimate of drug-likeness (QED) is 0.824. The second-order valence-corrected chi connectivity index (χ2v) is 5.21. The summed E-state index contributed by atoms with van der Waals surface area (Å²) in [4.78, 5) is 10.5. The van der Waals surface area contributed by atoms with E-state index in [-0.39, 0.29) is 12.4 Å². The SMILES string of the molecule is Cn1c(COc2ccccc2Cl)nnc1SCC(=O)O. The van der Waals surface area contributed by atoms with Crippen LogP contribution in [-0.4, -0.2) is 31.6 Å². The Kier molecular flexibility index (Phi) is 4.86. The maximum absolute atomic E-state index is 10.5. The number of carbonyl (C=O) groups is 1. The average Bonchev–Trinajstić information content (AvgIpc) is 2.76. The zero-order valence-electron chi connectivity index (χ0n) is 10.6. The standard InChI is InChI=1S/C12H12ClN3O3S/c1-16-10(14-15-12(16)20-7-11(17)18)6-19-9-5-3-2-4-8(9)13/h2-5H,6-7H2,1H3,(H,17,18). The lowest BCUT2D eigenvalue weighted by molar-refractivity contribution is -0.133. The second-order valence-electron chi connectivity index (χ2n) is 3.86. The molecule has 0 aliphatic heterocycles. The Labute approximate surface area is 124 Å². The number of aromatic nitrogens is 3. The van der Waals surface area contributed by atoms with Crippen LogP contribution < -0.4 is 4.74 Å². The lowest BCUT2D eigenvalue weighted by atomic mass is 10.3. The minimum Gasteiger partial charge on any atom is -0.484 e. The molecule has 0 fully saturated rings. The van der Waals surface area contributed by atoms with E-state index in [1.54, 1.807) is 23.7 Å². The fourth-order valence-electron chi connectivity index (χ4n) is 1.43. The first-order chi connectivity index (χ1) is 9.58. The van der Waals surface area contributed by atoms with Gasteiger partial charge in [-0.05, 0) is 12.1 Å². The van der Waals surface area contributed by atoms with Crippen molar-refractivity contribution in [2.24, 2.45) is 7.05 Å². The van der Waals surface area contributed by atoms with Crippen molar-refractivity contribution < 1.29 is 14.6 Å². The summed E-state index contributed by atoms with van der Waals surface area (Å²) >= 11 is 7.09. The lowest BCUT2D eigenvalue weighted by Gasteiger charge is -2.07. The second kappa shape index (κ2) is 6.62. The van der Waals surface area contributed by atoms with Gasteiger partial charge in [0.15, 0.2) is 11.0 Å². The van der Waals surface area contributed by atoms with Crippen LogP contribution in [0, 0.1) is 0 Å². The molecule has 106 valence electrons. The van der Waals surface area contributed by atoms with Crippen LogP contribution in [0.1, 0.15) is 5.82 Å². The molecule has 0 unspecified atom stereocenters. The van der Waals surface area contributed by atoms with Crippen LogP contribution in [0.2, 0.25) is 5.02 Å². The third-order valence-corrected chi connectivity index (χ3v) is 3.76. The third-order valence-electron chi connectivity index (χ3n) is 2.44. The summed E-state index contributed by atoms with van der Waals surface area (Å²) in [6.07, 6.45) is 0. The van der Waals surface area contributed by atoms with Crippen molar-refractivity contribution >= 4 is 29.3 Å². The summed E-state index contributed by atoms with van der Waals surface area (Å²) < 4.78 is 7.26. The van der Waals surface area contributed by atoms with Crippen LogP contribution in [0.15, 0.2) is 29.4 Å². The first kappa shape index (κ1) is 14.7. The van der Waals surface area contributed by atoms with Gasteiger partial charge in [0.25, 0.3) is 0 Å². The van der Waals surface area contributed by atoms with Crippen molar-refractivity contribution in [3.8, 4) is 5.75 Å². The molecule has 20 heavy (non-hydrogen) atoms. The molecule has 8 heteroatoms. The molecule has 1 heterocycles. The van der Waals surface area contributed by atoms with Gasteiger partial charge in [0.05, 0.1) is 10.8 Å². The van der Waals surface area contributed by atoms with E-state index in [2.05, 4.69) is 10.2 Å². The Balaban J connectivity index is 2.00. The number of thioether (sulfide) groups is 1. The molecule has 0 radical (unpaired) electrons. The molecule has 1 aromatic heterocycles. The van der Waals surface area contributed by atoms with Gasteiger partial charge in [-0.3, -0.25) is 4.79 Å². The van der Waals surface area contributed by atoms with E-state index in [4.69, 9.17) is 21.4 Å². The fraction of sp³-hybridized carbons (Fsp3) is 0.250. The third kappa shape index (κ3) is 3.64. The summed E-state index contributed by atoms with van der Waals surface area (Å²) in [5.41, 5.74) is 0. The van der Waals surface area contributed by atoms with Crippen LogP contribution in [0.3, 0.4) is 0 Å². The van der Waals surface area contributed by atoms with Crippen LogP contribution in [0.25, 0.3) is 0 Å². The summed E-state index contributed by atoms with van der Waals surface area (Å²) in [7, 11) is 1.76. The minimum absolute atomic E-state index is 0.0582. The number of rotatable bonds is 6. The highest BCUT2D eigenvalue weighted by Crippen LogP contribution is 2.24. The Hall–Kier alpha value is -1.73. The molecule has 6 nitrogen and oxygen atoms in total. The summed E-state index contributed by atoms with van der Waals surface area (Å²) in [5, 5.41) is 17.6. The van der Waals surface area contributed by atoms with E-state index >= 15 is 0 Å². The molecule has 0 aliphatic carbocycles. The molecule has 0 atom stereocenters. The zero-order chi connectivity index (χ0) is 14.5. The molecule has 1 N–H and O–H groups in total. The fourth-order valence-corrected chi connectivity index (χ4v) is 2.27. The number of hydrogen-bond acceptors (Lipinski definition) is 5. The van der Waals surface area contributed by atoms with Gasteiger partial charge in [0.2, 0.25) is 0 Å². The first-order valence-corrected chi connectivity index (χ1v) is 7.04. The van der Waals surface area contributed by atoms with Crippen molar-refractivity contribution in [2.75, 3.05) is 5.75 Å². The predicted octanol–water partition coefficient (Wildman–Crippen LogP) is 2.22. The lowest BCUT2D eigenvalue weighted by Crippen LogP contribution is -2.05. The molecule has 0 spiro atoms. The topological polar surface area (TPSA) is 77.2 Å². The van der Waals surface area contributed by atoms with E-state index in [0.29, 0.717) is 21.8 Å². The van der Waals surface area contributed by atoms with Gasteiger partial charge >= 0.3 is 5.97 Å². The van der Waals surface area contributed by atoms with E-state index in [9.17, 15) is 4.79 Å². The average molecular weight is 314 g/mol. The minimum atomic E-state index is -0.896. The largest absolute Gasteiger partial charge is 0.484 e. The van der Waals surface area contributed by atoms with Crippen LogP contribution in [0.4, 0.5) is 0 Å². The van der Waals surface area contributed by atoms with Gasteiger partial charge in [0, 0.05) is 7.05 Å². The highest BCUT2D eigenvalue weighted by atomic mass is 35.5. The molecular formula is C12H12ClN3O3S. The molecule has 0 aliphatic rings. The number of ether oxygens (including phenoxy) is 1. The highest BCUT2D eigenvalue weighted by molar-refractivity contribution is 7.99. The van der Waals surface area contributed by atoms with Crippen molar-refractivity contribution in [3.05, 3.63) is 35.1 Å². The van der Waals surface area contributed by atoms with Gasteiger partial charge < -0.3 is 14.4 Å². The molecule has 0 saturated carbocycles. The maximum Gasteiger partial charge on any atom is 0.313 e. The summed E-state index contributed by atoms with van der Waals surface area (Å²) in [6, 6.07) is 7.14. The molecule has 0 saturated heterocycles. The van der Waals surface area contributed by atoms with Gasteiger partial charge in [-0.25, -0.2) is 0 Å². The monoisotopic (exact) mass is 313 g/mol. The zero-order valence-corrected chi connectivity index (χ0v) is 12.2. The highest BCUT2D eigenvalue weighted by Gasteiger charge is 2.11. The van der Waals surface area contributed by atoms with Gasteiger partial charge in [0.1, 0.15) is 12.4 Å². The van der Waals surface area contributed by atoms with Gasteiger partial charge in [-0.2, -0.15) is 0 Å². The van der Waals surface area contributed by atoms with Crippen LogP contribution in [0.5, 0.6) is 5.75 Å². The number of hydrogen-bond donors (Lipinski definition) is 1. The number of carboxylic acids is 1. The molecule has 0 bridgehead atoms. The molecule has 2 aromatic rings. The number of para-hydroxylation sites is 1. The van der Waals surface area contributed by atoms with Crippen molar-refractivity contribution in [2.45, 2.75) is 11.8 Å². The molecular weight excluding hydrogens is 302 g/mol. The van der Waals surface area contributed by atoms with Crippen LogP contribution in [-0.2, 0) is 18.4 Å². The van der Waals surface area contributed by atoms with Gasteiger partial charge in [-0.1, -0.05) is 35.5 Å². The Morgan fingerprint density at radius 1 is 1.45 bits per heavy atom. The predicted molar refractivity (Wildman–Crippen MR) is 75.1 cm³/mol. The molecule has 2 rings (SSSR count). The van der Waals surface area contributed by atoms with E-state index in [0.717, 1.165) is 11.8 Å². The Morgan fingerprint density at radius 2 is 2.20 bits per heavy atom. The number of nitrogens with zero attached hydrogens (tertiary/aromatic N) is 3. The first-order valence-electron chi connectivity index (χ1n) is 5.68. The number of aliphatic carboxylic acids is 1. The Morgan fingerprint density at radius 3 is 2.90 bits per heavy atom. The number of benzene rings is 1. The number of carboxylic acid groups (broad SMARTS) is 1. The maximum atomic E-state index is 10.5. The van der Waals surface area contributed by atoms with Crippen molar-refractivity contribution in [3.63, 3.8) is 0 Å². The number of halogens is 1. The normalized spacial score (nSPS) is 10.5. The molecule has 0 amide bonds. The Bertz CT molecular complexity index is 618. The summed E-state index contributed by atoms with van der Waals surface area (Å²) in [6.45, 7) is 0.209. The van der Waals surface area contributed by atoms with Gasteiger partial charge in [-0.15, -0.1) is 10.2 Å². The van der Waals surface area contributed by atoms with E-state index in [1.165, 1.54) is 0 Å². The summed E-state index contributed by atoms with van der Waals surface area (Å²) in [5.74, 6) is 0.207. The van der Waals surface area contributed by atoms with Crippen LogP contribution >= 0.6 is 23.4 Å². The van der Waals surface area contributed by atoms with E-state index < -0.39 is 5.97 Å². The molecule has 1 aromatic carbocycles.